The molecule has 0 saturated carbocycles. The highest BCUT2D eigenvalue weighted by Gasteiger charge is 2.51. The average Bonchev–Trinajstić information content (AvgIpc) is 2.59. The van der Waals surface area contributed by atoms with Crippen molar-refractivity contribution in [1.82, 2.24) is 0 Å². The first-order valence-corrected chi connectivity index (χ1v) is 7.36. The van der Waals surface area contributed by atoms with Crippen LogP contribution in [0.15, 0.2) is 24.3 Å². The lowest BCUT2D eigenvalue weighted by Gasteiger charge is -2.32. The van der Waals surface area contributed by atoms with Crippen LogP contribution in [-0.2, 0) is 14.0 Å². The van der Waals surface area contributed by atoms with Crippen molar-refractivity contribution in [2.75, 3.05) is 13.7 Å². The Kier molecular flexibility index (Phi) is 4.66. The number of hydrogen-bond acceptors (Lipinski definition) is 4. The lowest BCUT2D eigenvalue weighted by Crippen LogP contribution is -2.41. The Morgan fingerprint density at radius 3 is 2.05 bits per heavy atom. The van der Waals surface area contributed by atoms with Crippen LogP contribution in [0.1, 0.15) is 34.6 Å². The number of methoxy groups -OCH3 is 1. The van der Waals surface area contributed by atoms with Crippen LogP contribution in [0.4, 0.5) is 0 Å². The van der Waals surface area contributed by atoms with Crippen molar-refractivity contribution < 1.29 is 18.8 Å². The van der Waals surface area contributed by atoms with Crippen LogP contribution in [0.3, 0.4) is 0 Å². The average molecular weight is 292 g/mol. The van der Waals surface area contributed by atoms with Gasteiger partial charge in [0, 0.05) is 7.11 Å². The first-order valence-electron chi connectivity index (χ1n) is 7.36. The maximum atomic E-state index is 6.03. The molecule has 1 fully saturated rings. The molecule has 1 heterocycles. The molecule has 4 nitrogen and oxygen atoms in total. The van der Waals surface area contributed by atoms with E-state index in [1.165, 1.54) is 0 Å². The standard InChI is InChI=1S/C16H25BO4/c1-12(11-18-6)19-14-9-7-13(8-10-14)17-20-15(2,3)16(4,5)21-17/h7-10,12H,11H2,1-6H3. The zero-order chi connectivity index (χ0) is 15.7. The van der Waals surface area contributed by atoms with E-state index >= 15 is 0 Å². The predicted octanol–water partition coefficient (Wildman–Crippen LogP) is 2.40. The molecule has 1 aliphatic rings. The Morgan fingerprint density at radius 2 is 1.57 bits per heavy atom. The summed E-state index contributed by atoms with van der Waals surface area (Å²) in [5.41, 5.74) is 0.361. The number of hydrogen-bond donors (Lipinski definition) is 0. The molecular formula is C16H25BO4. The van der Waals surface area contributed by atoms with Gasteiger partial charge in [0.15, 0.2) is 0 Å². The Balaban J connectivity index is 2.03. The summed E-state index contributed by atoms with van der Waals surface area (Å²) in [6.45, 7) is 10.8. The predicted molar refractivity (Wildman–Crippen MR) is 84.1 cm³/mol. The fourth-order valence-electron chi connectivity index (χ4n) is 2.18. The highest BCUT2D eigenvalue weighted by Crippen LogP contribution is 2.36. The van der Waals surface area contributed by atoms with Crippen molar-refractivity contribution in [2.45, 2.75) is 51.9 Å². The first kappa shape index (κ1) is 16.3. The number of benzene rings is 1. The van der Waals surface area contributed by atoms with Gasteiger partial charge < -0.3 is 18.8 Å². The van der Waals surface area contributed by atoms with E-state index in [0.29, 0.717) is 6.61 Å². The van der Waals surface area contributed by atoms with E-state index in [-0.39, 0.29) is 24.4 Å². The molecule has 21 heavy (non-hydrogen) atoms. The van der Waals surface area contributed by atoms with Crippen LogP contribution in [0.25, 0.3) is 0 Å². The van der Waals surface area contributed by atoms with Crippen molar-refractivity contribution in [3.63, 3.8) is 0 Å². The minimum atomic E-state index is -0.333. The van der Waals surface area contributed by atoms with Crippen LogP contribution in [-0.4, -0.2) is 38.1 Å². The number of rotatable bonds is 5. The van der Waals surface area contributed by atoms with E-state index in [2.05, 4.69) is 27.7 Å². The molecule has 0 aromatic heterocycles. The first-order chi connectivity index (χ1) is 9.75. The lowest BCUT2D eigenvalue weighted by atomic mass is 9.79. The van der Waals surface area contributed by atoms with Crippen LogP contribution in [0.5, 0.6) is 5.75 Å². The molecule has 2 rings (SSSR count). The van der Waals surface area contributed by atoms with Gasteiger partial charge in [-0.25, -0.2) is 0 Å². The molecule has 1 atom stereocenters. The highest BCUT2D eigenvalue weighted by molar-refractivity contribution is 6.62. The maximum absolute atomic E-state index is 6.03. The fraction of sp³-hybridized carbons (Fsp3) is 0.625. The molecule has 1 unspecified atom stereocenters. The van der Waals surface area contributed by atoms with Crippen molar-refractivity contribution in [1.29, 1.82) is 0 Å². The van der Waals surface area contributed by atoms with E-state index in [9.17, 15) is 0 Å². The van der Waals surface area contributed by atoms with E-state index < -0.39 is 0 Å². The third-order valence-electron chi connectivity index (χ3n) is 4.14. The van der Waals surface area contributed by atoms with Gasteiger partial charge in [-0.15, -0.1) is 0 Å². The molecular weight excluding hydrogens is 267 g/mol. The Bertz CT molecular complexity index is 454. The second kappa shape index (κ2) is 5.99. The third-order valence-corrected chi connectivity index (χ3v) is 4.14. The Morgan fingerprint density at radius 1 is 1.05 bits per heavy atom. The summed E-state index contributed by atoms with van der Waals surface area (Å²) in [7, 11) is 1.33. The number of ether oxygens (including phenoxy) is 2. The summed E-state index contributed by atoms with van der Waals surface area (Å²) < 4.78 is 22.9. The quantitative estimate of drug-likeness (QED) is 0.781. The molecule has 0 amide bonds. The van der Waals surface area contributed by atoms with Gasteiger partial charge in [0.2, 0.25) is 0 Å². The largest absolute Gasteiger partial charge is 0.494 e. The van der Waals surface area contributed by atoms with Crippen molar-refractivity contribution >= 4 is 12.6 Å². The molecule has 1 aliphatic heterocycles. The molecule has 1 aromatic rings. The normalized spacial score (nSPS) is 21.3. The molecule has 116 valence electrons. The van der Waals surface area contributed by atoms with Crippen LogP contribution >= 0.6 is 0 Å². The minimum absolute atomic E-state index is 0.0256. The van der Waals surface area contributed by atoms with E-state index in [1.807, 2.05) is 31.2 Å². The van der Waals surface area contributed by atoms with Gasteiger partial charge in [0.1, 0.15) is 11.9 Å². The molecule has 0 bridgehead atoms. The van der Waals surface area contributed by atoms with Crippen molar-refractivity contribution in [2.24, 2.45) is 0 Å². The zero-order valence-corrected chi connectivity index (χ0v) is 13.8. The highest BCUT2D eigenvalue weighted by atomic mass is 16.7. The van der Waals surface area contributed by atoms with Gasteiger partial charge in [-0.1, -0.05) is 12.1 Å². The maximum Gasteiger partial charge on any atom is 0.494 e. The molecule has 0 aliphatic carbocycles. The fourth-order valence-corrected chi connectivity index (χ4v) is 2.18. The van der Waals surface area contributed by atoms with Gasteiger partial charge in [0.25, 0.3) is 0 Å². The third kappa shape index (κ3) is 3.60. The minimum Gasteiger partial charge on any atom is -0.488 e. The summed E-state index contributed by atoms with van der Waals surface area (Å²) >= 11 is 0. The molecule has 0 radical (unpaired) electrons. The van der Waals surface area contributed by atoms with Gasteiger partial charge in [0.05, 0.1) is 17.8 Å². The topological polar surface area (TPSA) is 36.9 Å². The SMILES string of the molecule is COCC(C)Oc1ccc(B2OC(C)(C)C(C)(C)O2)cc1. The second-order valence-corrected chi connectivity index (χ2v) is 6.54. The Labute approximate surface area is 127 Å². The van der Waals surface area contributed by atoms with Gasteiger partial charge in [-0.3, -0.25) is 0 Å². The van der Waals surface area contributed by atoms with Gasteiger partial charge in [-0.2, -0.15) is 0 Å². The summed E-state index contributed by atoms with van der Waals surface area (Å²) in [6.07, 6.45) is 0.0256. The summed E-state index contributed by atoms with van der Waals surface area (Å²) in [5, 5.41) is 0. The smallest absolute Gasteiger partial charge is 0.488 e. The van der Waals surface area contributed by atoms with E-state index in [0.717, 1.165) is 11.2 Å². The lowest BCUT2D eigenvalue weighted by molar-refractivity contribution is 0.00578. The zero-order valence-electron chi connectivity index (χ0n) is 13.8. The van der Waals surface area contributed by atoms with Crippen molar-refractivity contribution in [3.05, 3.63) is 24.3 Å². The molecule has 1 saturated heterocycles. The summed E-state index contributed by atoms with van der Waals surface area (Å²) in [4.78, 5) is 0. The van der Waals surface area contributed by atoms with E-state index in [1.54, 1.807) is 7.11 Å². The molecule has 0 N–H and O–H groups in total. The van der Waals surface area contributed by atoms with Crippen LogP contribution in [0, 0.1) is 0 Å². The van der Waals surface area contributed by atoms with Gasteiger partial charge in [-0.05, 0) is 52.2 Å². The molecule has 1 aromatic carbocycles. The van der Waals surface area contributed by atoms with E-state index in [4.69, 9.17) is 18.8 Å². The summed E-state index contributed by atoms with van der Waals surface area (Å²) in [6, 6.07) is 7.84. The summed E-state index contributed by atoms with van der Waals surface area (Å²) in [5.74, 6) is 0.819. The monoisotopic (exact) mass is 292 g/mol. The second-order valence-electron chi connectivity index (χ2n) is 6.54. The molecule has 5 heteroatoms. The van der Waals surface area contributed by atoms with Crippen molar-refractivity contribution in [3.8, 4) is 5.75 Å². The molecule has 0 spiro atoms. The van der Waals surface area contributed by atoms with Crippen LogP contribution < -0.4 is 10.2 Å². The Hall–Kier alpha value is -1.04. The van der Waals surface area contributed by atoms with Crippen LogP contribution in [0.2, 0.25) is 0 Å². The van der Waals surface area contributed by atoms with Gasteiger partial charge >= 0.3 is 7.12 Å².